The molecule has 136 valence electrons. The lowest BCUT2D eigenvalue weighted by atomic mass is 9.72. The van der Waals surface area contributed by atoms with Crippen molar-refractivity contribution in [2.24, 2.45) is 0 Å². The maximum absolute atomic E-state index is 12.6. The van der Waals surface area contributed by atoms with Crippen molar-refractivity contribution in [1.29, 1.82) is 0 Å². The summed E-state index contributed by atoms with van der Waals surface area (Å²) in [4.78, 5) is 23.8. The summed E-state index contributed by atoms with van der Waals surface area (Å²) in [5.41, 5.74) is 3.99. The molecule has 0 fully saturated rings. The quantitative estimate of drug-likeness (QED) is 0.635. The number of carboxylic acid groups (broad SMARTS) is 1. The summed E-state index contributed by atoms with van der Waals surface area (Å²) in [5.74, 6) is -1.02. The summed E-state index contributed by atoms with van der Waals surface area (Å²) in [7, 11) is 0. The molecule has 4 heteroatoms. The minimum atomic E-state index is -0.975. The summed E-state index contributed by atoms with van der Waals surface area (Å²) in [6.45, 7) is 6.29. The molecule has 2 aromatic carbocycles. The molecular weight excluding hydrogens is 328 g/mol. The Kier molecular flexibility index (Phi) is 4.86. The number of benzene rings is 2. The molecule has 26 heavy (non-hydrogen) atoms. The van der Waals surface area contributed by atoms with Gasteiger partial charge >= 0.3 is 11.9 Å². The summed E-state index contributed by atoms with van der Waals surface area (Å²) in [6, 6.07) is 10.4. The Hall–Kier alpha value is -2.62. The number of ether oxygens (including phenoxy) is 1. The minimum absolute atomic E-state index is 0.0579. The topological polar surface area (TPSA) is 63.6 Å². The van der Waals surface area contributed by atoms with Gasteiger partial charge in [0.1, 0.15) is 5.75 Å². The van der Waals surface area contributed by atoms with E-state index in [0.717, 1.165) is 12.8 Å². The summed E-state index contributed by atoms with van der Waals surface area (Å²) in [6.07, 6.45) is 3.87. The Balaban J connectivity index is 1.86. The minimum Gasteiger partial charge on any atom is -0.478 e. The van der Waals surface area contributed by atoms with Crippen molar-refractivity contribution in [3.05, 3.63) is 64.2 Å². The molecule has 0 amide bonds. The van der Waals surface area contributed by atoms with Gasteiger partial charge in [0.15, 0.2) is 0 Å². The number of hydrogen-bond donors (Lipinski definition) is 1. The van der Waals surface area contributed by atoms with E-state index in [1.165, 1.54) is 29.7 Å². The first kappa shape index (κ1) is 18.2. The van der Waals surface area contributed by atoms with Crippen LogP contribution in [0.1, 0.15) is 71.0 Å². The van der Waals surface area contributed by atoms with E-state index >= 15 is 0 Å². The maximum atomic E-state index is 12.6. The fraction of sp³-hybridized carbons (Fsp3) is 0.364. The first-order chi connectivity index (χ1) is 12.3. The fourth-order valence-corrected chi connectivity index (χ4v) is 3.71. The van der Waals surface area contributed by atoms with Gasteiger partial charge in [-0.15, -0.1) is 0 Å². The molecule has 0 atom stereocenters. The lowest BCUT2D eigenvalue weighted by Gasteiger charge is -2.32. The third-order valence-corrected chi connectivity index (χ3v) is 5.22. The van der Waals surface area contributed by atoms with Crippen LogP contribution in [0.5, 0.6) is 5.75 Å². The standard InChI is InChI=1S/C22H24O4/c1-4-14-12-17(9-10-18(14)20(23)24)26-21(25)16-8-7-15-6-5-11-22(2,3)19(15)13-16/h7-10,12-13H,4-6,11H2,1-3H3,(H,23,24). The number of aryl methyl sites for hydroxylation is 2. The van der Waals surface area contributed by atoms with Gasteiger partial charge in [-0.3, -0.25) is 0 Å². The van der Waals surface area contributed by atoms with Crippen LogP contribution in [0.25, 0.3) is 0 Å². The summed E-state index contributed by atoms with van der Waals surface area (Å²) in [5, 5.41) is 9.20. The molecule has 1 aliphatic carbocycles. The van der Waals surface area contributed by atoms with Crippen LogP contribution in [0.4, 0.5) is 0 Å². The smallest absolute Gasteiger partial charge is 0.343 e. The predicted molar refractivity (Wildman–Crippen MR) is 100 cm³/mol. The summed E-state index contributed by atoms with van der Waals surface area (Å²) >= 11 is 0. The van der Waals surface area contributed by atoms with E-state index in [1.54, 1.807) is 6.07 Å². The largest absolute Gasteiger partial charge is 0.478 e. The highest BCUT2D eigenvalue weighted by Gasteiger charge is 2.28. The second-order valence-corrected chi connectivity index (χ2v) is 7.48. The van der Waals surface area contributed by atoms with E-state index in [9.17, 15) is 14.7 Å². The van der Waals surface area contributed by atoms with Crippen molar-refractivity contribution in [3.8, 4) is 5.75 Å². The molecule has 4 nitrogen and oxygen atoms in total. The Morgan fingerprint density at radius 2 is 1.92 bits per heavy atom. The number of aromatic carboxylic acids is 1. The third kappa shape index (κ3) is 3.50. The van der Waals surface area contributed by atoms with E-state index in [-0.39, 0.29) is 11.0 Å². The predicted octanol–water partition coefficient (Wildman–Crippen LogP) is 4.78. The highest BCUT2D eigenvalue weighted by atomic mass is 16.5. The lowest BCUT2D eigenvalue weighted by Crippen LogP contribution is -2.24. The molecular formula is C22H24O4. The normalized spacial score (nSPS) is 15.2. The van der Waals surface area contributed by atoms with Gasteiger partial charge in [0.05, 0.1) is 11.1 Å². The van der Waals surface area contributed by atoms with Crippen LogP contribution in [-0.2, 0) is 18.3 Å². The second kappa shape index (κ2) is 6.94. The van der Waals surface area contributed by atoms with Crippen LogP contribution < -0.4 is 4.74 Å². The molecule has 1 N–H and O–H groups in total. The van der Waals surface area contributed by atoms with Crippen molar-refractivity contribution >= 4 is 11.9 Å². The van der Waals surface area contributed by atoms with Crippen molar-refractivity contribution in [1.82, 2.24) is 0 Å². The number of rotatable bonds is 4. The van der Waals surface area contributed by atoms with Crippen LogP contribution in [0.2, 0.25) is 0 Å². The molecule has 0 heterocycles. The van der Waals surface area contributed by atoms with E-state index in [1.807, 2.05) is 25.1 Å². The monoisotopic (exact) mass is 352 g/mol. The second-order valence-electron chi connectivity index (χ2n) is 7.48. The van der Waals surface area contributed by atoms with Gasteiger partial charge < -0.3 is 9.84 Å². The Morgan fingerprint density at radius 1 is 1.15 bits per heavy atom. The molecule has 0 radical (unpaired) electrons. The van der Waals surface area contributed by atoms with Crippen LogP contribution >= 0.6 is 0 Å². The highest BCUT2D eigenvalue weighted by Crippen LogP contribution is 2.37. The molecule has 0 saturated heterocycles. The average Bonchev–Trinajstić information content (AvgIpc) is 2.61. The van der Waals surface area contributed by atoms with Crippen LogP contribution in [0, 0.1) is 0 Å². The average molecular weight is 352 g/mol. The molecule has 0 aromatic heterocycles. The Bertz CT molecular complexity index is 864. The molecule has 0 aliphatic heterocycles. The van der Waals surface area contributed by atoms with Crippen molar-refractivity contribution in [2.75, 3.05) is 0 Å². The van der Waals surface area contributed by atoms with E-state index in [2.05, 4.69) is 13.8 Å². The number of carboxylic acids is 1. The van der Waals surface area contributed by atoms with E-state index in [4.69, 9.17) is 4.74 Å². The van der Waals surface area contributed by atoms with E-state index in [0.29, 0.717) is 23.3 Å². The zero-order chi connectivity index (χ0) is 18.9. The molecule has 0 spiro atoms. The zero-order valence-electron chi connectivity index (χ0n) is 15.5. The number of carbonyl (C=O) groups excluding carboxylic acids is 1. The maximum Gasteiger partial charge on any atom is 0.343 e. The van der Waals surface area contributed by atoms with Gasteiger partial charge in [-0.05, 0) is 78.1 Å². The SMILES string of the molecule is CCc1cc(OC(=O)c2ccc3c(c2)C(C)(C)CCC3)ccc1C(=O)O. The van der Waals surface area contributed by atoms with Crippen molar-refractivity contribution < 1.29 is 19.4 Å². The number of carbonyl (C=O) groups is 2. The molecule has 0 unspecified atom stereocenters. The molecule has 0 bridgehead atoms. The van der Waals surface area contributed by atoms with Crippen molar-refractivity contribution in [2.45, 2.75) is 51.9 Å². The number of fused-ring (bicyclic) bond motifs is 1. The summed E-state index contributed by atoms with van der Waals surface area (Å²) < 4.78 is 5.50. The molecule has 0 saturated carbocycles. The fourth-order valence-electron chi connectivity index (χ4n) is 3.71. The molecule has 3 rings (SSSR count). The van der Waals surface area contributed by atoms with Gasteiger partial charge in [-0.1, -0.05) is 26.8 Å². The number of hydrogen-bond acceptors (Lipinski definition) is 3. The third-order valence-electron chi connectivity index (χ3n) is 5.22. The number of esters is 1. The van der Waals surface area contributed by atoms with Gasteiger partial charge in [-0.25, -0.2) is 9.59 Å². The first-order valence-electron chi connectivity index (χ1n) is 9.03. The van der Waals surface area contributed by atoms with Crippen LogP contribution in [0.15, 0.2) is 36.4 Å². The van der Waals surface area contributed by atoms with Crippen LogP contribution in [0.3, 0.4) is 0 Å². The highest BCUT2D eigenvalue weighted by molar-refractivity contribution is 5.92. The molecule has 2 aromatic rings. The molecule has 1 aliphatic rings. The first-order valence-corrected chi connectivity index (χ1v) is 9.03. The van der Waals surface area contributed by atoms with Gasteiger partial charge in [0.2, 0.25) is 0 Å². The van der Waals surface area contributed by atoms with Crippen LogP contribution in [-0.4, -0.2) is 17.0 Å². The van der Waals surface area contributed by atoms with Gasteiger partial charge in [0, 0.05) is 0 Å². The zero-order valence-corrected chi connectivity index (χ0v) is 15.5. The lowest BCUT2D eigenvalue weighted by molar-refractivity contribution is 0.0695. The van der Waals surface area contributed by atoms with E-state index < -0.39 is 11.9 Å². The van der Waals surface area contributed by atoms with Gasteiger partial charge in [-0.2, -0.15) is 0 Å². The Morgan fingerprint density at radius 3 is 2.62 bits per heavy atom. The van der Waals surface area contributed by atoms with Gasteiger partial charge in [0.25, 0.3) is 0 Å². The van der Waals surface area contributed by atoms with Crippen molar-refractivity contribution in [3.63, 3.8) is 0 Å². The Labute approximate surface area is 153 Å².